The highest BCUT2D eigenvalue weighted by Crippen LogP contribution is 1.73. The van der Waals surface area contributed by atoms with Crippen molar-refractivity contribution in [3.63, 3.8) is 0 Å². The summed E-state index contributed by atoms with van der Waals surface area (Å²) < 4.78 is 0. The third kappa shape index (κ3) is 2.65. The number of nitrogens with zero attached hydrogens (tertiary/aromatic N) is 1. The van der Waals surface area contributed by atoms with Gasteiger partial charge in [0.25, 0.3) is 0 Å². The van der Waals surface area contributed by atoms with Crippen molar-refractivity contribution in [3.05, 3.63) is 0 Å². The quantitative estimate of drug-likeness (QED) is 0.461. The molecule has 0 saturated heterocycles. The molecule has 0 aliphatic carbocycles. The van der Waals surface area contributed by atoms with Crippen LogP contribution in [0.3, 0.4) is 0 Å². The predicted molar refractivity (Wildman–Crippen MR) is 39.0 cm³/mol. The van der Waals surface area contributed by atoms with E-state index >= 15 is 0 Å². The zero-order valence-electron chi connectivity index (χ0n) is 6.56. The SMILES string of the molecule is CCNC(=O)N(NC)NC. The smallest absolute Gasteiger partial charge is 0.336 e. The monoisotopic (exact) mass is 146 g/mol. The normalized spacial score (nSPS) is 9.10. The van der Waals surface area contributed by atoms with Crippen molar-refractivity contribution in [2.24, 2.45) is 0 Å². The summed E-state index contributed by atoms with van der Waals surface area (Å²) in [5, 5.41) is 3.86. The van der Waals surface area contributed by atoms with Crippen LogP contribution in [-0.4, -0.2) is 31.8 Å². The zero-order chi connectivity index (χ0) is 7.98. The molecule has 0 radical (unpaired) electrons. The summed E-state index contributed by atoms with van der Waals surface area (Å²) >= 11 is 0. The molecule has 10 heavy (non-hydrogen) atoms. The molecule has 0 spiro atoms. The van der Waals surface area contributed by atoms with Gasteiger partial charge in [0.05, 0.1) is 0 Å². The average molecular weight is 146 g/mol. The summed E-state index contributed by atoms with van der Waals surface area (Å²) in [5.41, 5.74) is 5.29. The van der Waals surface area contributed by atoms with Crippen LogP contribution in [0.25, 0.3) is 0 Å². The first-order valence-corrected chi connectivity index (χ1v) is 3.19. The lowest BCUT2D eigenvalue weighted by Gasteiger charge is -2.18. The number of rotatable bonds is 3. The summed E-state index contributed by atoms with van der Waals surface area (Å²) in [7, 11) is 3.32. The van der Waals surface area contributed by atoms with Crippen LogP contribution in [0.4, 0.5) is 4.79 Å². The fourth-order valence-corrected chi connectivity index (χ4v) is 0.545. The molecule has 0 unspecified atom stereocenters. The van der Waals surface area contributed by atoms with Crippen LogP contribution in [0.1, 0.15) is 6.92 Å². The minimum absolute atomic E-state index is 0.187. The number of hydrogen-bond donors (Lipinski definition) is 3. The molecule has 5 nitrogen and oxygen atoms in total. The highest BCUT2D eigenvalue weighted by molar-refractivity contribution is 5.72. The molecule has 0 rings (SSSR count). The van der Waals surface area contributed by atoms with Gasteiger partial charge in [0.1, 0.15) is 0 Å². The van der Waals surface area contributed by atoms with Crippen LogP contribution in [0.2, 0.25) is 0 Å². The van der Waals surface area contributed by atoms with Crippen molar-refractivity contribution in [2.75, 3.05) is 20.6 Å². The third-order valence-electron chi connectivity index (χ3n) is 0.978. The summed E-state index contributed by atoms with van der Waals surface area (Å²) in [4.78, 5) is 10.9. The predicted octanol–water partition coefficient (Wildman–Crippen LogP) is -0.713. The fourth-order valence-electron chi connectivity index (χ4n) is 0.545. The number of hydrazine groups is 2. The number of carbonyl (C=O) groups is 1. The van der Waals surface area contributed by atoms with Crippen LogP contribution in [0, 0.1) is 0 Å². The van der Waals surface area contributed by atoms with E-state index in [2.05, 4.69) is 16.2 Å². The second kappa shape index (κ2) is 5.01. The van der Waals surface area contributed by atoms with E-state index in [4.69, 9.17) is 0 Å². The van der Waals surface area contributed by atoms with Crippen molar-refractivity contribution in [3.8, 4) is 0 Å². The Bertz CT molecular complexity index is 102. The maximum absolute atomic E-state index is 10.9. The molecule has 2 amide bonds. The molecule has 0 bridgehead atoms. The van der Waals surface area contributed by atoms with E-state index in [1.807, 2.05) is 6.92 Å². The molecule has 0 aromatic heterocycles. The van der Waals surface area contributed by atoms with E-state index in [-0.39, 0.29) is 6.03 Å². The molecule has 0 aliphatic rings. The summed E-state index contributed by atoms with van der Waals surface area (Å²) in [6.45, 7) is 2.49. The van der Waals surface area contributed by atoms with E-state index in [0.717, 1.165) is 0 Å². The van der Waals surface area contributed by atoms with Crippen LogP contribution >= 0.6 is 0 Å². The molecule has 0 aromatic carbocycles. The molecule has 0 fully saturated rings. The Balaban J connectivity index is 3.65. The number of urea groups is 1. The van der Waals surface area contributed by atoms with Gasteiger partial charge >= 0.3 is 6.03 Å². The Hall–Kier alpha value is -0.810. The van der Waals surface area contributed by atoms with Gasteiger partial charge < -0.3 is 5.32 Å². The van der Waals surface area contributed by atoms with E-state index in [1.54, 1.807) is 14.1 Å². The minimum Gasteiger partial charge on any atom is -0.336 e. The molecule has 0 aliphatic heterocycles. The molecule has 0 aromatic rings. The third-order valence-corrected chi connectivity index (χ3v) is 0.978. The number of hydrogen-bond acceptors (Lipinski definition) is 3. The first kappa shape index (κ1) is 9.19. The van der Waals surface area contributed by atoms with Crippen molar-refractivity contribution in [2.45, 2.75) is 6.92 Å². The number of carbonyl (C=O) groups excluding carboxylic acids is 1. The molecule has 0 saturated carbocycles. The van der Waals surface area contributed by atoms with Crippen molar-refractivity contribution >= 4 is 6.03 Å². The molecule has 0 atom stereocenters. The van der Waals surface area contributed by atoms with Crippen LogP contribution in [0.15, 0.2) is 0 Å². The molecule has 3 N–H and O–H groups in total. The Morgan fingerprint density at radius 1 is 1.40 bits per heavy atom. The maximum Gasteiger partial charge on any atom is 0.346 e. The van der Waals surface area contributed by atoms with Gasteiger partial charge in [0.2, 0.25) is 0 Å². The van der Waals surface area contributed by atoms with E-state index in [0.29, 0.717) is 6.54 Å². The molecular formula is C5H14N4O. The highest BCUT2D eigenvalue weighted by atomic mass is 16.2. The Morgan fingerprint density at radius 2 is 1.90 bits per heavy atom. The van der Waals surface area contributed by atoms with Gasteiger partial charge in [-0.05, 0) is 6.92 Å². The molecule has 0 heterocycles. The number of amides is 2. The lowest BCUT2D eigenvalue weighted by Crippen LogP contribution is -2.52. The van der Waals surface area contributed by atoms with Gasteiger partial charge in [0.15, 0.2) is 0 Å². The first-order valence-electron chi connectivity index (χ1n) is 3.19. The van der Waals surface area contributed by atoms with Gasteiger partial charge in [0, 0.05) is 20.6 Å². The van der Waals surface area contributed by atoms with Crippen LogP contribution < -0.4 is 16.2 Å². The van der Waals surface area contributed by atoms with Crippen molar-refractivity contribution in [1.82, 2.24) is 21.3 Å². The Labute approximate surface area is 60.7 Å². The standard InChI is InChI=1S/C5H14N4O/c1-4-8-5(10)9(6-2)7-3/h6-7H,4H2,1-3H3,(H,8,10). The summed E-state index contributed by atoms with van der Waals surface area (Å²) in [6.07, 6.45) is 0. The van der Waals surface area contributed by atoms with Crippen molar-refractivity contribution < 1.29 is 4.79 Å². The second-order valence-corrected chi connectivity index (χ2v) is 1.62. The first-order chi connectivity index (χ1) is 4.76. The van der Waals surface area contributed by atoms with E-state index in [9.17, 15) is 4.79 Å². The van der Waals surface area contributed by atoms with Gasteiger partial charge in [-0.1, -0.05) is 0 Å². The van der Waals surface area contributed by atoms with Gasteiger partial charge in [-0.2, -0.15) is 5.12 Å². The molecule has 60 valence electrons. The highest BCUT2D eigenvalue weighted by Gasteiger charge is 2.05. The molecular weight excluding hydrogens is 132 g/mol. The van der Waals surface area contributed by atoms with Crippen LogP contribution in [0.5, 0.6) is 0 Å². The van der Waals surface area contributed by atoms with E-state index < -0.39 is 0 Å². The van der Waals surface area contributed by atoms with Gasteiger partial charge in [-0.3, -0.25) is 0 Å². The lowest BCUT2D eigenvalue weighted by atomic mass is 10.7. The maximum atomic E-state index is 10.9. The topological polar surface area (TPSA) is 56.4 Å². The zero-order valence-corrected chi connectivity index (χ0v) is 6.56. The van der Waals surface area contributed by atoms with Crippen molar-refractivity contribution in [1.29, 1.82) is 0 Å². The van der Waals surface area contributed by atoms with Gasteiger partial charge in [-0.25, -0.2) is 15.6 Å². The lowest BCUT2D eigenvalue weighted by molar-refractivity contribution is 0.150. The van der Waals surface area contributed by atoms with Crippen LogP contribution in [-0.2, 0) is 0 Å². The fraction of sp³-hybridized carbons (Fsp3) is 0.800. The van der Waals surface area contributed by atoms with Gasteiger partial charge in [-0.15, -0.1) is 0 Å². The Morgan fingerprint density at radius 3 is 2.20 bits per heavy atom. The molecule has 5 heteroatoms. The van der Waals surface area contributed by atoms with E-state index in [1.165, 1.54) is 5.12 Å². The summed E-state index contributed by atoms with van der Waals surface area (Å²) in [5.74, 6) is 0. The minimum atomic E-state index is -0.187. The number of nitrogens with one attached hydrogen (secondary N) is 3. The second-order valence-electron chi connectivity index (χ2n) is 1.62. The average Bonchev–Trinajstić information content (AvgIpc) is 1.91. The summed E-state index contributed by atoms with van der Waals surface area (Å²) in [6, 6.07) is -0.187. The largest absolute Gasteiger partial charge is 0.346 e. The Kier molecular flexibility index (Phi) is 4.61.